The first-order valence-electron chi connectivity index (χ1n) is 14.8. The van der Waals surface area contributed by atoms with Crippen LogP contribution in [0.1, 0.15) is 51.7 Å². The Labute approximate surface area is 272 Å². The molecule has 222 valence electrons. The molecule has 0 spiro atoms. The molecule has 3 aromatic carbocycles. The van der Waals surface area contributed by atoms with Crippen molar-refractivity contribution >= 4 is 55.2 Å². The molecule has 0 radical (unpaired) electrons. The van der Waals surface area contributed by atoms with Gasteiger partial charge in [0.2, 0.25) is 0 Å². The molecular formula is C36H44Cl2N2SiTi-2. The van der Waals surface area contributed by atoms with Gasteiger partial charge >= 0.3 is 35.6 Å². The summed E-state index contributed by atoms with van der Waals surface area (Å²) in [6.45, 7) is 14.5. The molecule has 1 unspecified atom stereocenters. The van der Waals surface area contributed by atoms with Gasteiger partial charge in [-0.25, -0.2) is 0 Å². The summed E-state index contributed by atoms with van der Waals surface area (Å²) in [5.41, 5.74) is 9.96. The van der Waals surface area contributed by atoms with Crippen molar-refractivity contribution < 1.29 is 17.0 Å². The number of rotatable bonds is 4. The van der Waals surface area contributed by atoms with Crippen LogP contribution >= 0.6 is 18.6 Å². The number of anilines is 2. The minimum absolute atomic E-state index is 0. The molecule has 0 saturated heterocycles. The number of hydrogen-bond donors (Lipinski definition) is 0. The van der Waals surface area contributed by atoms with Gasteiger partial charge in [-0.15, -0.1) is 11.4 Å². The van der Waals surface area contributed by atoms with Crippen molar-refractivity contribution in [3.63, 3.8) is 0 Å². The Morgan fingerprint density at radius 2 is 1.45 bits per heavy atom. The van der Waals surface area contributed by atoms with E-state index < -0.39 is 25.3 Å². The maximum absolute atomic E-state index is 5.05. The summed E-state index contributed by atoms with van der Waals surface area (Å²) in [5, 5.41) is 5.05. The topological polar surface area (TPSA) is 17.3 Å². The van der Waals surface area contributed by atoms with Crippen molar-refractivity contribution in [3.05, 3.63) is 115 Å². The van der Waals surface area contributed by atoms with E-state index in [4.69, 9.17) is 23.9 Å². The first kappa shape index (κ1) is 33.2. The van der Waals surface area contributed by atoms with E-state index in [0.717, 1.165) is 11.4 Å². The average molecular weight is 652 g/mol. The number of nitrogens with zero attached hydrogens (tertiary/aromatic N) is 2. The molecule has 3 aliphatic rings. The molecule has 4 atom stereocenters. The fraction of sp³-hybridized carbons (Fsp3) is 0.361. The summed E-state index contributed by atoms with van der Waals surface area (Å²) in [5.74, 6) is 1.87. The molecule has 42 heavy (non-hydrogen) atoms. The maximum atomic E-state index is 5.05. The van der Waals surface area contributed by atoms with E-state index in [0.29, 0.717) is 23.3 Å². The summed E-state index contributed by atoms with van der Waals surface area (Å²) in [4.78, 5) is 0. The summed E-state index contributed by atoms with van der Waals surface area (Å²) in [6, 6.07) is 27.0. The van der Waals surface area contributed by atoms with Crippen LogP contribution in [0.5, 0.6) is 0 Å². The van der Waals surface area contributed by atoms with Gasteiger partial charge in [-0.1, -0.05) is 126 Å². The van der Waals surface area contributed by atoms with Crippen molar-refractivity contribution in [3.8, 4) is 0 Å². The Balaban J connectivity index is 0.000000972. The van der Waals surface area contributed by atoms with E-state index in [1.165, 1.54) is 40.9 Å². The second-order valence-corrected chi connectivity index (χ2v) is 20.1. The predicted molar refractivity (Wildman–Crippen MR) is 185 cm³/mol. The van der Waals surface area contributed by atoms with Crippen molar-refractivity contribution in [2.45, 2.75) is 64.6 Å². The van der Waals surface area contributed by atoms with Gasteiger partial charge in [-0.3, -0.25) is 0 Å². The molecule has 0 aromatic heterocycles. The van der Waals surface area contributed by atoms with Crippen LogP contribution in [0.15, 0.2) is 91.0 Å². The third kappa shape index (κ3) is 6.24. The van der Waals surface area contributed by atoms with Crippen LogP contribution in [-0.4, -0.2) is 8.24 Å². The van der Waals surface area contributed by atoms with Crippen LogP contribution in [0.25, 0.3) is 10.9 Å². The molecule has 6 heteroatoms. The molecule has 1 heterocycles. The van der Waals surface area contributed by atoms with Crippen LogP contribution in [0, 0.1) is 25.2 Å². The Morgan fingerprint density at radius 1 is 0.905 bits per heavy atom. The van der Waals surface area contributed by atoms with Gasteiger partial charge in [-0.2, -0.15) is 0 Å². The molecule has 2 aliphatic carbocycles. The number of fused-ring (bicyclic) bond motifs is 3. The van der Waals surface area contributed by atoms with Gasteiger partial charge in [0.25, 0.3) is 0 Å². The number of halogens is 2. The normalized spacial score (nSPS) is 22.3. The second-order valence-electron chi connectivity index (χ2n) is 13.1. The fourth-order valence-electron chi connectivity index (χ4n) is 7.66. The van der Waals surface area contributed by atoms with Crippen LogP contribution in [0.2, 0.25) is 18.6 Å². The van der Waals surface area contributed by atoms with E-state index in [1.807, 2.05) is 0 Å². The zero-order chi connectivity index (χ0) is 29.4. The summed E-state index contributed by atoms with van der Waals surface area (Å²) < 4.78 is 2.75. The van der Waals surface area contributed by atoms with Crippen LogP contribution in [0.4, 0.5) is 22.7 Å². The quantitative estimate of drug-likeness (QED) is 0.203. The van der Waals surface area contributed by atoms with Gasteiger partial charge < -0.3 is 17.3 Å². The van der Waals surface area contributed by atoms with Gasteiger partial charge in [0.1, 0.15) is 0 Å². The monoisotopic (exact) mass is 650 g/mol. The third-order valence-electron chi connectivity index (χ3n) is 9.44. The Kier molecular flexibility index (Phi) is 10.6. The zero-order valence-electron chi connectivity index (χ0n) is 26.0. The molecule has 0 amide bonds. The molecule has 2 nitrogen and oxygen atoms in total. The second kappa shape index (κ2) is 13.5. The number of para-hydroxylation sites is 4. The third-order valence-corrected chi connectivity index (χ3v) is 13.6. The van der Waals surface area contributed by atoms with E-state index >= 15 is 0 Å². The van der Waals surface area contributed by atoms with Gasteiger partial charge in [0, 0.05) is 11.4 Å². The first-order chi connectivity index (χ1) is 19.6. The van der Waals surface area contributed by atoms with Crippen LogP contribution < -0.4 is 4.57 Å². The van der Waals surface area contributed by atoms with Crippen molar-refractivity contribution in [1.82, 2.24) is 0 Å². The van der Waals surface area contributed by atoms with Gasteiger partial charge in [-0.05, 0) is 64.0 Å². The Morgan fingerprint density at radius 3 is 1.98 bits per heavy atom. The summed E-state index contributed by atoms with van der Waals surface area (Å²) >= 11 is -0.556. The molecule has 3 aromatic rings. The first-order valence-corrected chi connectivity index (χ1v) is 22.1. The standard InChI is InChI=1S/C35H41N2Si.CH3.2ClH.Ti/c1-7-24-23-29-27(25-19-21-26(22-20-25)35(2,3)4)13-12-14-28(29)34(24)38(5,6)37-32-17-10-8-15-30(32)36-31-16-9-11-18-33(31)37;;;;/h8-22,24,28-29,34H,7,23H2,1-6H3;1H3;2*1H;/q2*-1;;;+2/p-2/t24-,28+,29-,34?;;;;/m1..../s1. The molecule has 1 fully saturated rings. The molecule has 6 rings (SSSR count). The molecule has 0 N–H and O–H groups in total. The Bertz CT molecular complexity index is 1380. The van der Waals surface area contributed by atoms with Crippen molar-refractivity contribution in [1.29, 1.82) is 0 Å². The van der Waals surface area contributed by atoms with Crippen LogP contribution in [-0.2, 0) is 22.4 Å². The van der Waals surface area contributed by atoms with Crippen molar-refractivity contribution in [2.75, 3.05) is 4.57 Å². The number of allylic oxidation sites excluding steroid dienone is 4. The van der Waals surface area contributed by atoms with Crippen LogP contribution in [0.3, 0.4) is 0 Å². The summed E-state index contributed by atoms with van der Waals surface area (Å²) in [7, 11) is 7.74. The summed E-state index contributed by atoms with van der Waals surface area (Å²) in [6.07, 6.45) is 9.83. The zero-order valence-corrected chi connectivity index (χ0v) is 30.1. The average Bonchev–Trinajstić information content (AvgIpc) is 3.36. The number of benzene rings is 3. The van der Waals surface area contributed by atoms with E-state index in [2.05, 4.69) is 136 Å². The Hall–Kier alpha value is -1.75. The molecule has 1 saturated carbocycles. The molecule has 0 bridgehead atoms. The predicted octanol–water partition coefficient (Wildman–Crippen LogP) is 12.5. The van der Waals surface area contributed by atoms with Gasteiger partial charge in [0.15, 0.2) is 8.24 Å². The van der Waals surface area contributed by atoms with E-state index in [9.17, 15) is 0 Å². The van der Waals surface area contributed by atoms with Gasteiger partial charge in [0.05, 0.1) is 0 Å². The molecule has 1 aliphatic heterocycles. The fourth-order valence-corrected chi connectivity index (χ4v) is 12.4. The molecular weight excluding hydrogens is 607 g/mol. The number of hydrogen-bond acceptors (Lipinski definition) is 1. The van der Waals surface area contributed by atoms with E-state index in [-0.39, 0.29) is 12.8 Å². The SMILES string of the molecule is CC[C@@H]1C[C@@H]2C(c3ccc(C(C)(C)C)cc3)=CC=C[C@@H]2C1[Si](C)(C)N1c2ccccc2[N-]c2ccccc21.[CH3-].[Cl][Ti][Cl]. The minimum atomic E-state index is -2.03. The van der Waals surface area contributed by atoms with Crippen molar-refractivity contribution in [2.24, 2.45) is 17.8 Å². The van der Waals surface area contributed by atoms with E-state index in [1.54, 1.807) is 0 Å².